The number of aliphatic hydroxyl groups is 1. The molecule has 0 saturated heterocycles. The van der Waals surface area contributed by atoms with Crippen LogP contribution in [0.5, 0.6) is 5.75 Å². The third-order valence-corrected chi connectivity index (χ3v) is 3.71. The lowest BCUT2D eigenvalue weighted by Gasteiger charge is -2.13. The van der Waals surface area contributed by atoms with Gasteiger partial charge in [0, 0.05) is 18.4 Å². The first-order valence-corrected chi connectivity index (χ1v) is 8.05. The van der Waals surface area contributed by atoms with Gasteiger partial charge in [-0.15, -0.1) is 0 Å². The monoisotopic (exact) mass is 354 g/mol. The molecule has 6 nitrogen and oxygen atoms in total. The van der Waals surface area contributed by atoms with Crippen LogP contribution >= 0.6 is 0 Å². The van der Waals surface area contributed by atoms with Gasteiger partial charge >= 0.3 is 0 Å². The Morgan fingerprint density at radius 1 is 1.15 bits per heavy atom. The molecule has 1 atom stereocenters. The van der Waals surface area contributed by atoms with Gasteiger partial charge in [-0.25, -0.2) is 9.37 Å². The number of ether oxygens (including phenoxy) is 1. The fraction of sp³-hybridized carbons (Fsp3) is 0.158. The van der Waals surface area contributed by atoms with Crippen molar-refractivity contribution in [1.29, 1.82) is 0 Å². The number of rotatable bonds is 7. The van der Waals surface area contributed by atoms with Crippen LogP contribution in [0.1, 0.15) is 11.7 Å². The molecule has 2 aromatic carbocycles. The summed E-state index contributed by atoms with van der Waals surface area (Å²) in [6, 6.07) is 15.0. The molecule has 3 aromatic rings. The number of anilines is 3. The molecule has 26 heavy (non-hydrogen) atoms. The van der Waals surface area contributed by atoms with E-state index in [1.54, 1.807) is 31.5 Å². The second-order valence-electron chi connectivity index (χ2n) is 5.57. The van der Waals surface area contributed by atoms with Crippen molar-refractivity contribution in [3.63, 3.8) is 0 Å². The lowest BCUT2D eigenvalue weighted by molar-refractivity contribution is 0.191. The van der Waals surface area contributed by atoms with Crippen LogP contribution in [0.2, 0.25) is 0 Å². The van der Waals surface area contributed by atoms with E-state index in [-0.39, 0.29) is 12.4 Å². The molecule has 0 aliphatic rings. The van der Waals surface area contributed by atoms with Crippen molar-refractivity contribution >= 4 is 17.5 Å². The maximum Gasteiger partial charge on any atom is 0.229 e. The second-order valence-corrected chi connectivity index (χ2v) is 5.57. The van der Waals surface area contributed by atoms with Crippen LogP contribution in [0.25, 0.3) is 0 Å². The largest absolute Gasteiger partial charge is 0.497 e. The lowest BCUT2D eigenvalue weighted by atomic mass is 10.1. The minimum Gasteiger partial charge on any atom is -0.497 e. The Bertz CT molecular complexity index is 858. The summed E-state index contributed by atoms with van der Waals surface area (Å²) in [6.07, 6.45) is 0.758. The number of aliphatic hydroxyl groups excluding tert-OH is 1. The van der Waals surface area contributed by atoms with Crippen molar-refractivity contribution < 1.29 is 14.2 Å². The van der Waals surface area contributed by atoms with Gasteiger partial charge in [0.15, 0.2) is 0 Å². The van der Waals surface area contributed by atoms with E-state index in [0.717, 1.165) is 11.4 Å². The topological polar surface area (TPSA) is 79.3 Å². The fourth-order valence-electron chi connectivity index (χ4n) is 2.35. The van der Waals surface area contributed by atoms with Gasteiger partial charge in [-0.1, -0.05) is 12.1 Å². The molecule has 0 saturated carbocycles. The predicted octanol–water partition coefficient (Wildman–Crippen LogP) is 3.51. The van der Waals surface area contributed by atoms with Gasteiger partial charge in [0.05, 0.1) is 13.2 Å². The highest BCUT2D eigenvalue weighted by molar-refractivity contribution is 5.55. The third kappa shape index (κ3) is 4.67. The molecule has 134 valence electrons. The number of aromatic nitrogens is 2. The molecule has 0 spiro atoms. The van der Waals surface area contributed by atoms with Crippen molar-refractivity contribution in [2.75, 3.05) is 24.3 Å². The Hall–Kier alpha value is -3.19. The molecule has 1 aromatic heterocycles. The van der Waals surface area contributed by atoms with Gasteiger partial charge in [-0.3, -0.25) is 0 Å². The highest BCUT2D eigenvalue weighted by atomic mass is 19.1. The molecule has 1 heterocycles. The number of nitrogens with one attached hydrogen (secondary N) is 2. The van der Waals surface area contributed by atoms with Crippen LogP contribution in [0, 0.1) is 5.82 Å². The van der Waals surface area contributed by atoms with E-state index < -0.39 is 6.10 Å². The average molecular weight is 354 g/mol. The molecule has 1 unspecified atom stereocenters. The smallest absolute Gasteiger partial charge is 0.229 e. The van der Waals surface area contributed by atoms with Gasteiger partial charge in [-0.2, -0.15) is 4.98 Å². The Labute approximate surface area is 150 Å². The zero-order chi connectivity index (χ0) is 18.4. The number of hydrogen-bond acceptors (Lipinski definition) is 6. The predicted molar refractivity (Wildman–Crippen MR) is 98.2 cm³/mol. The normalized spacial score (nSPS) is 11.7. The number of benzene rings is 2. The average Bonchev–Trinajstić information content (AvgIpc) is 2.67. The number of methoxy groups -OCH3 is 1. The van der Waals surface area contributed by atoms with E-state index in [1.165, 1.54) is 12.1 Å². The van der Waals surface area contributed by atoms with Crippen LogP contribution in [0.3, 0.4) is 0 Å². The third-order valence-electron chi connectivity index (χ3n) is 3.71. The van der Waals surface area contributed by atoms with Crippen LogP contribution < -0.4 is 15.4 Å². The molecule has 3 rings (SSSR count). The summed E-state index contributed by atoms with van der Waals surface area (Å²) in [5.41, 5.74) is 1.32. The molecular weight excluding hydrogens is 335 g/mol. The molecule has 0 aliphatic heterocycles. The first-order valence-electron chi connectivity index (χ1n) is 8.05. The number of halogens is 1. The Morgan fingerprint density at radius 2 is 1.96 bits per heavy atom. The van der Waals surface area contributed by atoms with Crippen molar-refractivity contribution in [3.8, 4) is 5.75 Å². The van der Waals surface area contributed by atoms with Gasteiger partial charge in [0.1, 0.15) is 17.4 Å². The van der Waals surface area contributed by atoms with E-state index >= 15 is 0 Å². The second kappa shape index (κ2) is 8.26. The first kappa shape index (κ1) is 17.6. The summed E-state index contributed by atoms with van der Waals surface area (Å²) in [5, 5.41) is 16.3. The van der Waals surface area contributed by atoms with E-state index in [0.29, 0.717) is 17.3 Å². The van der Waals surface area contributed by atoms with E-state index in [9.17, 15) is 9.50 Å². The molecule has 0 bridgehead atoms. The first-order chi connectivity index (χ1) is 12.6. The van der Waals surface area contributed by atoms with Gasteiger partial charge in [0.2, 0.25) is 5.95 Å². The molecule has 0 amide bonds. The number of nitrogens with zero attached hydrogens (tertiary/aromatic N) is 2. The van der Waals surface area contributed by atoms with E-state index in [4.69, 9.17) is 4.74 Å². The van der Waals surface area contributed by atoms with E-state index in [2.05, 4.69) is 20.6 Å². The van der Waals surface area contributed by atoms with Crippen molar-refractivity contribution in [3.05, 3.63) is 72.2 Å². The molecule has 7 heteroatoms. The molecule has 3 N–H and O–H groups in total. The standard InChI is InChI=1S/C19H19FN4O2/c1-26-16-7-5-15(6-8-16)23-19-21-10-9-18(24-19)22-12-17(25)13-3-2-4-14(20)11-13/h2-11,17,25H,12H2,1H3,(H2,21,22,23,24). The highest BCUT2D eigenvalue weighted by Gasteiger charge is 2.09. The van der Waals surface area contributed by atoms with Crippen LogP contribution in [-0.2, 0) is 0 Å². The molecule has 0 fully saturated rings. The summed E-state index contributed by atoms with van der Waals surface area (Å²) in [4.78, 5) is 8.51. The van der Waals surface area contributed by atoms with Gasteiger partial charge < -0.3 is 20.5 Å². The van der Waals surface area contributed by atoms with E-state index in [1.807, 2.05) is 24.3 Å². The van der Waals surface area contributed by atoms with Gasteiger partial charge in [-0.05, 0) is 48.0 Å². The van der Waals surface area contributed by atoms with Crippen molar-refractivity contribution in [2.24, 2.45) is 0 Å². The molecule has 0 aliphatic carbocycles. The maximum atomic E-state index is 13.2. The molecular formula is C19H19FN4O2. The maximum absolute atomic E-state index is 13.2. The van der Waals surface area contributed by atoms with Crippen LogP contribution in [0.4, 0.5) is 21.8 Å². The summed E-state index contributed by atoms with van der Waals surface area (Å²) in [5.74, 6) is 1.35. The number of hydrogen-bond donors (Lipinski definition) is 3. The summed E-state index contributed by atoms with van der Waals surface area (Å²) in [6.45, 7) is 0.197. The Morgan fingerprint density at radius 3 is 2.69 bits per heavy atom. The summed E-state index contributed by atoms with van der Waals surface area (Å²) in [7, 11) is 1.61. The highest BCUT2D eigenvalue weighted by Crippen LogP contribution is 2.19. The van der Waals surface area contributed by atoms with Crippen LogP contribution in [-0.4, -0.2) is 28.7 Å². The Kier molecular flexibility index (Phi) is 5.60. The quantitative estimate of drug-likeness (QED) is 0.603. The minimum absolute atomic E-state index is 0.197. The van der Waals surface area contributed by atoms with Crippen molar-refractivity contribution in [2.45, 2.75) is 6.10 Å². The van der Waals surface area contributed by atoms with Crippen LogP contribution in [0.15, 0.2) is 60.8 Å². The zero-order valence-electron chi connectivity index (χ0n) is 14.2. The SMILES string of the molecule is COc1ccc(Nc2nccc(NCC(O)c3cccc(F)c3)n2)cc1. The van der Waals surface area contributed by atoms with Crippen molar-refractivity contribution in [1.82, 2.24) is 9.97 Å². The summed E-state index contributed by atoms with van der Waals surface area (Å²) < 4.78 is 18.4. The minimum atomic E-state index is -0.848. The lowest BCUT2D eigenvalue weighted by Crippen LogP contribution is -2.13. The Balaban J connectivity index is 1.61. The summed E-state index contributed by atoms with van der Waals surface area (Å²) >= 11 is 0. The van der Waals surface area contributed by atoms with Gasteiger partial charge in [0.25, 0.3) is 0 Å². The molecule has 0 radical (unpaired) electrons. The zero-order valence-corrected chi connectivity index (χ0v) is 14.2. The fourth-order valence-corrected chi connectivity index (χ4v) is 2.35.